The summed E-state index contributed by atoms with van der Waals surface area (Å²) in [6.45, 7) is 4.57. The normalized spacial score (nSPS) is 14.6. The minimum atomic E-state index is -0.401. The molecule has 3 rings (SSSR count). The van der Waals surface area contributed by atoms with Gasteiger partial charge in [-0.05, 0) is 24.1 Å². The third-order valence-electron chi connectivity index (χ3n) is 5.45. The highest BCUT2D eigenvalue weighted by molar-refractivity contribution is 6.32. The maximum atomic E-state index is 12.1. The lowest BCUT2D eigenvalue weighted by Gasteiger charge is -2.36. The van der Waals surface area contributed by atoms with Crippen LogP contribution < -0.4 is 26.6 Å². The summed E-state index contributed by atoms with van der Waals surface area (Å²) < 4.78 is 8.40. The number of hydrogen-bond acceptors (Lipinski definition) is 6. The van der Waals surface area contributed by atoms with Gasteiger partial charge in [0.25, 0.3) is 5.56 Å². The summed E-state index contributed by atoms with van der Waals surface area (Å²) in [5, 5.41) is 0.465. The van der Waals surface area contributed by atoms with Crippen molar-refractivity contribution in [3.63, 3.8) is 0 Å². The van der Waals surface area contributed by atoms with Crippen molar-refractivity contribution in [2.24, 2.45) is 19.8 Å². The molecule has 2 N–H and O–H groups in total. The van der Waals surface area contributed by atoms with E-state index in [0.29, 0.717) is 23.2 Å². The molecule has 10 heteroatoms. The highest BCUT2D eigenvalue weighted by Crippen LogP contribution is 2.25. The Morgan fingerprint density at radius 2 is 1.81 bits per heavy atom. The van der Waals surface area contributed by atoms with E-state index >= 15 is 0 Å². The summed E-state index contributed by atoms with van der Waals surface area (Å²) in [4.78, 5) is 39.5. The largest absolute Gasteiger partial charge is 0.492 e. The van der Waals surface area contributed by atoms with Crippen LogP contribution in [0.5, 0.6) is 5.75 Å². The van der Waals surface area contributed by atoms with E-state index in [2.05, 4.69) is 9.80 Å². The Balaban J connectivity index is 1.45. The maximum absolute atomic E-state index is 12.1. The molecule has 31 heavy (non-hydrogen) atoms. The number of nitrogens with two attached hydrogens (primary N) is 1. The Bertz CT molecular complexity index is 1060. The van der Waals surface area contributed by atoms with Gasteiger partial charge < -0.3 is 15.4 Å². The summed E-state index contributed by atoms with van der Waals surface area (Å²) >= 11 is 6.22. The van der Waals surface area contributed by atoms with Crippen LogP contribution in [0.2, 0.25) is 5.02 Å². The van der Waals surface area contributed by atoms with Crippen LogP contribution in [0.4, 0.5) is 5.82 Å². The van der Waals surface area contributed by atoms with Gasteiger partial charge >= 0.3 is 5.69 Å². The molecule has 168 valence electrons. The third kappa shape index (κ3) is 5.68. The smallest absolute Gasteiger partial charge is 0.332 e. The van der Waals surface area contributed by atoms with Crippen molar-refractivity contribution in [1.29, 1.82) is 0 Å². The number of halogens is 1. The molecule has 2 aromatic rings. The Hall–Kier alpha value is -2.78. The minimum absolute atomic E-state index is 0.150. The second kappa shape index (κ2) is 10.0. The van der Waals surface area contributed by atoms with Crippen LogP contribution in [0.3, 0.4) is 0 Å². The molecule has 1 aliphatic heterocycles. The van der Waals surface area contributed by atoms with E-state index in [0.717, 1.165) is 49.3 Å². The molecule has 0 atom stereocenters. The lowest BCUT2D eigenvalue weighted by Crippen LogP contribution is -2.49. The number of rotatable bonds is 8. The van der Waals surface area contributed by atoms with Gasteiger partial charge in [0.2, 0.25) is 5.91 Å². The van der Waals surface area contributed by atoms with Gasteiger partial charge in [-0.15, -0.1) is 0 Å². The topological polar surface area (TPSA) is 103 Å². The summed E-state index contributed by atoms with van der Waals surface area (Å²) in [6.07, 6.45) is 0.988. The third-order valence-corrected chi connectivity index (χ3v) is 5.74. The van der Waals surface area contributed by atoms with E-state index < -0.39 is 5.91 Å². The number of carbonyl (C=O) groups is 1. The van der Waals surface area contributed by atoms with E-state index in [1.807, 2.05) is 0 Å². The number of aromatic nitrogens is 2. The number of nitrogens with zero attached hydrogens (tertiary/aromatic N) is 4. The molecule has 0 bridgehead atoms. The molecule has 1 aromatic heterocycles. The van der Waals surface area contributed by atoms with Gasteiger partial charge in [-0.2, -0.15) is 0 Å². The average Bonchev–Trinajstić information content (AvgIpc) is 2.73. The van der Waals surface area contributed by atoms with Crippen molar-refractivity contribution in [2.75, 3.05) is 44.2 Å². The predicted molar refractivity (Wildman–Crippen MR) is 120 cm³/mol. The molecule has 9 nitrogen and oxygen atoms in total. The molecule has 2 heterocycles. The molecule has 1 amide bonds. The van der Waals surface area contributed by atoms with Gasteiger partial charge in [-0.25, -0.2) is 4.79 Å². The summed E-state index contributed by atoms with van der Waals surface area (Å²) in [7, 11) is 3.17. The van der Waals surface area contributed by atoms with Crippen LogP contribution in [0.25, 0.3) is 0 Å². The number of carbonyl (C=O) groups excluding carboxylic acids is 1. The van der Waals surface area contributed by atoms with Crippen LogP contribution in [0.15, 0.2) is 33.9 Å². The van der Waals surface area contributed by atoms with E-state index in [1.54, 1.807) is 25.2 Å². The molecule has 0 spiro atoms. The zero-order valence-corrected chi connectivity index (χ0v) is 18.6. The molecule has 1 aromatic carbocycles. The molecule has 0 radical (unpaired) electrons. The molecular formula is C21H28ClN5O4. The van der Waals surface area contributed by atoms with Crippen molar-refractivity contribution in [3.05, 3.63) is 55.7 Å². The van der Waals surface area contributed by atoms with E-state index in [4.69, 9.17) is 22.1 Å². The fourth-order valence-corrected chi connectivity index (χ4v) is 3.93. The summed E-state index contributed by atoms with van der Waals surface area (Å²) in [6, 6.07) is 6.76. The van der Waals surface area contributed by atoms with Crippen LogP contribution in [-0.4, -0.2) is 59.3 Å². The highest BCUT2D eigenvalue weighted by Gasteiger charge is 2.20. The number of benzene rings is 1. The zero-order valence-electron chi connectivity index (χ0n) is 17.8. The molecule has 0 unspecified atom stereocenters. The lowest BCUT2D eigenvalue weighted by atomic mass is 10.1. The van der Waals surface area contributed by atoms with Crippen molar-refractivity contribution in [3.8, 4) is 5.75 Å². The molecule has 0 aliphatic carbocycles. The van der Waals surface area contributed by atoms with Gasteiger partial charge in [0.05, 0.1) is 18.1 Å². The number of primary amides is 1. The first-order chi connectivity index (χ1) is 14.8. The van der Waals surface area contributed by atoms with Gasteiger partial charge in [0.15, 0.2) is 0 Å². The Labute approximate surface area is 185 Å². The van der Waals surface area contributed by atoms with Crippen LogP contribution >= 0.6 is 11.6 Å². The SMILES string of the molecule is Cn1c(N2CCN(CCCOc3ccc(CC(N)=O)cc3Cl)CC2)cc(=O)n(C)c1=O. The lowest BCUT2D eigenvalue weighted by molar-refractivity contribution is -0.117. The fraction of sp³-hybridized carbons (Fsp3) is 0.476. The van der Waals surface area contributed by atoms with Crippen molar-refractivity contribution < 1.29 is 9.53 Å². The quantitative estimate of drug-likeness (QED) is 0.583. The van der Waals surface area contributed by atoms with Gasteiger partial charge in [-0.1, -0.05) is 17.7 Å². The standard InChI is InChI=1S/C21H28ClN5O4/c1-24-19(14-20(29)25(2)21(24)30)27-9-7-26(8-10-27)6-3-11-31-17-5-4-15(12-16(17)22)13-18(23)28/h4-5,12,14H,3,6-11,13H2,1-2H3,(H2,23,28). The maximum Gasteiger partial charge on any atom is 0.332 e. The number of ether oxygens (including phenoxy) is 1. The number of hydrogen-bond donors (Lipinski definition) is 1. The Morgan fingerprint density at radius 3 is 2.45 bits per heavy atom. The van der Waals surface area contributed by atoms with Crippen LogP contribution in [0.1, 0.15) is 12.0 Å². The first-order valence-electron chi connectivity index (χ1n) is 10.2. The monoisotopic (exact) mass is 449 g/mol. The first kappa shape index (κ1) is 22.9. The van der Waals surface area contributed by atoms with E-state index in [-0.39, 0.29) is 17.7 Å². The second-order valence-corrected chi connectivity index (χ2v) is 8.09. The number of amides is 1. The van der Waals surface area contributed by atoms with Gasteiger partial charge in [0.1, 0.15) is 11.6 Å². The van der Waals surface area contributed by atoms with E-state index in [1.165, 1.54) is 17.7 Å². The minimum Gasteiger partial charge on any atom is -0.492 e. The van der Waals surface area contributed by atoms with Crippen molar-refractivity contribution >= 4 is 23.3 Å². The molecule has 1 fully saturated rings. The van der Waals surface area contributed by atoms with Crippen molar-refractivity contribution in [1.82, 2.24) is 14.0 Å². The first-order valence-corrected chi connectivity index (χ1v) is 10.6. The average molecular weight is 450 g/mol. The summed E-state index contributed by atoms with van der Waals surface area (Å²) in [5.74, 6) is 0.846. The molecule has 0 saturated carbocycles. The van der Waals surface area contributed by atoms with Gasteiger partial charge in [0, 0.05) is 52.9 Å². The van der Waals surface area contributed by atoms with Crippen molar-refractivity contribution in [2.45, 2.75) is 12.8 Å². The Morgan fingerprint density at radius 1 is 1.10 bits per heavy atom. The van der Waals surface area contributed by atoms with Crippen LogP contribution in [-0.2, 0) is 25.3 Å². The molecule has 1 aliphatic rings. The van der Waals surface area contributed by atoms with Gasteiger partial charge in [-0.3, -0.25) is 23.6 Å². The zero-order chi connectivity index (χ0) is 22.5. The number of piperazine rings is 1. The predicted octanol–water partition coefficient (Wildman–Crippen LogP) is 0.356. The fourth-order valence-electron chi connectivity index (χ4n) is 3.67. The second-order valence-electron chi connectivity index (χ2n) is 7.68. The summed E-state index contributed by atoms with van der Waals surface area (Å²) in [5.41, 5.74) is 5.35. The molecular weight excluding hydrogens is 422 g/mol. The molecule has 1 saturated heterocycles. The van der Waals surface area contributed by atoms with E-state index in [9.17, 15) is 14.4 Å². The number of anilines is 1. The highest BCUT2D eigenvalue weighted by atomic mass is 35.5. The van der Waals surface area contributed by atoms with Crippen LogP contribution in [0, 0.1) is 0 Å². The Kier molecular flexibility index (Phi) is 7.40.